The van der Waals surface area contributed by atoms with Crippen LogP contribution in [-0.4, -0.2) is 0 Å². The Balaban J connectivity index is 1.29. The summed E-state index contributed by atoms with van der Waals surface area (Å²) in [6.07, 6.45) is 0. The highest BCUT2D eigenvalue weighted by molar-refractivity contribution is 7.27. The summed E-state index contributed by atoms with van der Waals surface area (Å²) in [6, 6.07) is 54.1. The molecule has 0 spiro atoms. The van der Waals surface area contributed by atoms with Crippen molar-refractivity contribution in [1.29, 1.82) is 0 Å². The van der Waals surface area contributed by atoms with Gasteiger partial charge in [0.2, 0.25) is 0 Å². The first kappa shape index (κ1) is 23.3. The van der Waals surface area contributed by atoms with E-state index in [1.165, 1.54) is 96.3 Å². The van der Waals surface area contributed by atoms with E-state index in [9.17, 15) is 0 Å². The number of hydrogen-bond acceptors (Lipinski definition) is 1. The van der Waals surface area contributed by atoms with Gasteiger partial charge in [0.05, 0.1) is 0 Å². The average molecular weight is 561 g/mol. The molecule has 1 aromatic heterocycles. The quantitative estimate of drug-likeness (QED) is 0.184. The molecule has 0 fully saturated rings. The van der Waals surface area contributed by atoms with Crippen LogP contribution in [0.15, 0.2) is 146 Å². The predicted octanol–water partition coefficient (Wildman–Crippen LogP) is 12.6. The maximum absolute atomic E-state index is 2.41. The minimum atomic E-state index is 1.27. The maximum Gasteiger partial charge on any atom is 0.0440 e. The smallest absolute Gasteiger partial charge is 0.0440 e. The molecule has 0 saturated carbocycles. The van der Waals surface area contributed by atoms with Crippen LogP contribution < -0.4 is 0 Å². The Labute approximate surface area is 252 Å². The van der Waals surface area contributed by atoms with Gasteiger partial charge in [0.25, 0.3) is 0 Å². The Bertz CT molecular complexity index is 2720. The molecule has 43 heavy (non-hydrogen) atoms. The minimum absolute atomic E-state index is 1.27. The van der Waals surface area contributed by atoms with Crippen LogP contribution in [0.25, 0.3) is 96.3 Å². The fourth-order valence-corrected chi connectivity index (χ4v) is 8.73. The molecular formula is C42H24S. The van der Waals surface area contributed by atoms with Crippen molar-refractivity contribution in [2.45, 2.75) is 0 Å². The third kappa shape index (κ3) is 3.26. The van der Waals surface area contributed by atoms with Crippen molar-refractivity contribution < 1.29 is 0 Å². The van der Waals surface area contributed by atoms with Gasteiger partial charge >= 0.3 is 0 Å². The maximum atomic E-state index is 2.41. The molecule has 0 atom stereocenters. The average Bonchev–Trinajstić information content (AvgIpc) is 3.46. The summed E-state index contributed by atoms with van der Waals surface area (Å²) >= 11 is 1.94. The van der Waals surface area contributed by atoms with Crippen LogP contribution in [0.2, 0.25) is 0 Å². The highest BCUT2D eigenvalue weighted by atomic mass is 32.1. The Kier molecular flexibility index (Phi) is 4.69. The summed E-state index contributed by atoms with van der Waals surface area (Å²) in [5.41, 5.74) is 5.13. The molecule has 0 aliphatic rings. The lowest BCUT2D eigenvalue weighted by atomic mass is 9.87. The van der Waals surface area contributed by atoms with Gasteiger partial charge in [-0.15, -0.1) is 11.3 Å². The van der Waals surface area contributed by atoms with Gasteiger partial charge in [0.15, 0.2) is 0 Å². The molecule has 10 rings (SSSR count). The van der Waals surface area contributed by atoms with E-state index < -0.39 is 0 Å². The number of hydrogen-bond donors (Lipinski definition) is 0. The zero-order valence-corrected chi connectivity index (χ0v) is 24.1. The second-order valence-corrected chi connectivity index (χ2v) is 12.7. The third-order valence-electron chi connectivity index (χ3n) is 9.37. The summed E-state index contributed by atoms with van der Waals surface area (Å²) in [7, 11) is 0. The molecule has 198 valence electrons. The first-order valence-electron chi connectivity index (χ1n) is 14.8. The summed E-state index contributed by atoms with van der Waals surface area (Å²) in [5.74, 6) is 0. The van der Waals surface area contributed by atoms with E-state index in [0.717, 1.165) is 0 Å². The summed E-state index contributed by atoms with van der Waals surface area (Å²) in [5, 5.41) is 16.0. The molecule has 0 unspecified atom stereocenters. The Morgan fingerprint density at radius 3 is 1.95 bits per heavy atom. The van der Waals surface area contributed by atoms with E-state index in [0.29, 0.717) is 0 Å². The van der Waals surface area contributed by atoms with Gasteiger partial charge in [-0.25, -0.2) is 0 Å². The van der Waals surface area contributed by atoms with Gasteiger partial charge in [0, 0.05) is 25.6 Å². The lowest BCUT2D eigenvalue weighted by Crippen LogP contribution is -1.89. The highest BCUT2D eigenvalue weighted by Gasteiger charge is 2.20. The minimum Gasteiger partial charge on any atom is -0.134 e. The van der Waals surface area contributed by atoms with Crippen molar-refractivity contribution in [2.24, 2.45) is 0 Å². The van der Waals surface area contributed by atoms with Gasteiger partial charge in [-0.2, -0.15) is 0 Å². The molecular weight excluding hydrogens is 537 g/mol. The zero-order chi connectivity index (χ0) is 28.1. The zero-order valence-electron chi connectivity index (χ0n) is 23.3. The molecule has 9 aromatic carbocycles. The van der Waals surface area contributed by atoms with Crippen molar-refractivity contribution in [1.82, 2.24) is 0 Å². The van der Waals surface area contributed by atoms with Crippen LogP contribution in [0.3, 0.4) is 0 Å². The second-order valence-electron chi connectivity index (χ2n) is 11.7. The molecule has 0 bridgehead atoms. The Morgan fingerprint density at radius 1 is 0.326 bits per heavy atom. The van der Waals surface area contributed by atoms with Crippen molar-refractivity contribution in [3.05, 3.63) is 146 Å². The largest absolute Gasteiger partial charge is 0.134 e. The molecule has 0 aliphatic carbocycles. The lowest BCUT2D eigenvalue weighted by Gasteiger charge is -2.16. The third-order valence-corrected chi connectivity index (χ3v) is 10.6. The first-order valence-corrected chi connectivity index (χ1v) is 15.7. The molecule has 1 heterocycles. The summed E-state index contributed by atoms with van der Waals surface area (Å²) in [4.78, 5) is 0. The van der Waals surface area contributed by atoms with Crippen molar-refractivity contribution in [3.63, 3.8) is 0 Å². The number of fused-ring (bicyclic) bond motifs is 7. The van der Waals surface area contributed by atoms with E-state index in [2.05, 4.69) is 146 Å². The monoisotopic (exact) mass is 560 g/mol. The fraction of sp³-hybridized carbons (Fsp3) is 0. The van der Waals surface area contributed by atoms with Gasteiger partial charge in [-0.3, -0.25) is 0 Å². The molecule has 10 aromatic rings. The van der Waals surface area contributed by atoms with E-state index in [1.807, 2.05) is 11.3 Å². The molecule has 1 heteroatoms. The molecule has 0 nitrogen and oxygen atoms in total. The van der Waals surface area contributed by atoms with Crippen LogP contribution in [0.1, 0.15) is 0 Å². The molecule has 0 aliphatic heterocycles. The predicted molar refractivity (Wildman–Crippen MR) is 189 cm³/mol. The Hall–Kier alpha value is -5.24. The fourth-order valence-electron chi connectivity index (χ4n) is 7.44. The summed E-state index contributed by atoms with van der Waals surface area (Å²) < 4.78 is 2.72. The van der Waals surface area contributed by atoms with E-state index in [1.54, 1.807) is 0 Å². The number of benzene rings is 9. The Morgan fingerprint density at radius 2 is 1.00 bits per heavy atom. The molecule has 0 saturated heterocycles. The topological polar surface area (TPSA) is 0 Å². The highest BCUT2D eigenvalue weighted by Crippen LogP contribution is 2.49. The van der Waals surface area contributed by atoms with E-state index in [4.69, 9.17) is 0 Å². The van der Waals surface area contributed by atoms with Gasteiger partial charge in [-0.05, 0) is 88.9 Å². The standard InChI is InChI=1S/C42H24S/c1-2-10-27-22-28(19-18-25(27)8-1)37-23-30-12-6-16-35-39(30)40-33(37)15-7-17-36(40)42-41(35)34-21-20-29(24-38(34)43-42)32-14-5-11-26-9-3-4-13-31(26)32/h1-24H. The second kappa shape index (κ2) is 8.64. The van der Waals surface area contributed by atoms with Gasteiger partial charge in [-0.1, -0.05) is 127 Å². The number of rotatable bonds is 2. The van der Waals surface area contributed by atoms with Crippen LogP contribution in [0.4, 0.5) is 0 Å². The van der Waals surface area contributed by atoms with Crippen molar-refractivity contribution in [2.75, 3.05) is 0 Å². The normalized spacial score (nSPS) is 12.2. The summed E-state index contributed by atoms with van der Waals surface area (Å²) in [6.45, 7) is 0. The van der Waals surface area contributed by atoms with Gasteiger partial charge < -0.3 is 0 Å². The van der Waals surface area contributed by atoms with Crippen LogP contribution in [0, 0.1) is 0 Å². The molecule has 0 radical (unpaired) electrons. The van der Waals surface area contributed by atoms with Gasteiger partial charge in [0.1, 0.15) is 0 Å². The molecule has 0 amide bonds. The SMILES string of the molecule is c1ccc2cc(-c3cc4cccc5c6c7ccc(-c8cccc9ccccc89)cc7sc6c6cccc3c6c45)ccc2c1. The van der Waals surface area contributed by atoms with Crippen LogP contribution >= 0.6 is 11.3 Å². The van der Waals surface area contributed by atoms with Crippen LogP contribution in [0.5, 0.6) is 0 Å². The molecule has 0 N–H and O–H groups in total. The first-order chi connectivity index (χ1) is 21.3. The van der Waals surface area contributed by atoms with Crippen molar-refractivity contribution >= 4 is 85.4 Å². The van der Waals surface area contributed by atoms with E-state index >= 15 is 0 Å². The van der Waals surface area contributed by atoms with E-state index in [-0.39, 0.29) is 0 Å². The number of thiophene rings is 1. The van der Waals surface area contributed by atoms with Crippen LogP contribution in [-0.2, 0) is 0 Å². The lowest BCUT2D eigenvalue weighted by molar-refractivity contribution is 1.70. The van der Waals surface area contributed by atoms with Crippen molar-refractivity contribution in [3.8, 4) is 22.3 Å².